The van der Waals surface area contributed by atoms with Crippen molar-refractivity contribution < 1.29 is 4.39 Å². The standard InChI is InChI=1S/C10H9ClFN5/c11-7-5-6(1-2-8(7)12)15-9-3-4-14-10(16-9)17-13/h1-5H,13H2,(H2,14,15,16,17). The lowest BCUT2D eigenvalue weighted by Crippen LogP contribution is -2.10. The molecule has 0 saturated carbocycles. The van der Waals surface area contributed by atoms with Crippen LogP contribution >= 0.6 is 11.6 Å². The predicted octanol–water partition coefficient (Wildman–Crippen LogP) is 2.30. The number of nitrogens with two attached hydrogens (primary N) is 1. The average molecular weight is 254 g/mol. The maximum Gasteiger partial charge on any atom is 0.239 e. The zero-order valence-electron chi connectivity index (χ0n) is 8.61. The first-order valence-corrected chi connectivity index (χ1v) is 5.08. The van der Waals surface area contributed by atoms with Crippen molar-refractivity contribution in [3.05, 3.63) is 41.3 Å². The molecule has 1 aromatic carbocycles. The van der Waals surface area contributed by atoms with Crippen molar-refractivity contribution in [1.29, 1.82) is 0 Å². The van der Waals surface area contributed by atoms with Crippen LogP contribution in [0.1, 0.15) is 0 Å². The van der Waals surface area contributed by atoms with Gasteiger partial charge < -0.3 is 5.32 Å². The topological polar surface area (TPSA) is 75.9 Å². The minimum Gasteiger partial charge on any atom is -0.340 e. The summed E-state index contributed by atoms with van der Waals surface area (Å²) in [5, 5.41) is 2.99. The van der Waals surface area contributed by atoms with Crippen LogP contribution in [0, 0.1) is 5.82 Å². The van der Waals surface area contributed by atoms with Crippen molar-refractivity contribution >= 4 is 29.1 Å². The van der Waals surface area contributed by atoms with Gasteiger partial charge in [-0.3, -0.25) is 5.43 Å². The highest BCUT2D eigenvalue weighted by molar-refractivity contribution is 6.31. The Kier molecular flexibility index (Phi) is 3.36. The molecule has 4 N–H and O–H groups in total. The van der Waals surface area contributed by atoms with E-state index < -0.39 is 5.82 Å². The van der Waals surface area contributed by atoms with Gasteiger partial charge in [0, 0.05) is 11.9 Å². The quantitative estimate of drug-likeness (QED) is 0.578. The number of hydrogen-bond donors (Lipinski definition) is 3. The molecule has 0 spiro atoms. The van der Waals surface area contributed by atoms with Crippen LogP contribution in [-0.4, -0.2) is 9.97 Å². The van der Waals surface area contributed by atoms with Crippen molar-refractivity contribution in [3.63, 3.8) is 0 Å². The molecular weight excluding hydrogens is 245 g/mol. The van der Waals surface area contributed by atoms with Gasteiger partial charge in [0.25, 0.3) is 0 Å². The molecule has 7 heteroatoms. The normalized spacial score (nSPS) is 10.1. The van der Waals surface area contributed by atoms with E-state index in [2.05, 4.69) is 20.7 Å². The summed E-state index contributed by atoms with van der Waals surface area (Å²) < 4.78 is 12.9. The highest BCUT2D eigenvalue weighted by Crippen LogP contribution is 2.21. The minimum absolute atomic E-state index is 0.0428. The second-order valence-electron chi connectivity index (χ2n) is 3.16. The number of benzene rings is 1. The van der Waals surface area contributed by atoms with Crippen molar-refractivity contribution in [3.8, 4) is 0 Å². The van der Waals surface area contributed by atoms with E-state index in [4.69, 9.17) is 17.4 Å². The maximum absolute atomic E-state index is 12.9. The lowest BCUT2D eigenvalue weighted by Gasteiger charge is -2.07. The van der Waals surface area contributed by atoms with Crippen LogP contribution in [0.25, 0.3) is 0 Å². The fourth-order valence-electron chi connectivity index (χ4n) is 1.22. The van der Waals surface area contributed by atoms with E-state index in [0.29, 0.717) is 11.5 Å². The third-order valence-electron chi connectivity index (χ3n) is 1.98. The van der Waals surface area contributed by atoms with Crippen LogP contribution < -0.4 is 16.6 Å². The molecule has 0 amide bonds. The van der Waals surface area contributed by atoms with Crippen molar-refractivity contribution in [2.75, 3.05) is 10.7 Å². The summed E-state index contributed by atoms with van der Waals surface area (Å²) in [6, 6.07) is 5.94. The SMILES string of the molecule is NNc1nccc(Nc2ccc(F)c(Cl)c2)n1. The molecule has 1 aromatic heterocycles. The Morgan fingerprint density at radius 3 is 2.82 bits per heavy atom. The van der Waals surface area contributed by atoms with Crippen molar-refractivity contribution in [2.24, 2.45) is 5.84 Å². The number of halogens is 2. The minimum atomic E-state index is -0.468. The van der Waals surface area contributed by atoms with E-state index in [1.54, 1.807) is 12.1 Å². The number of hydrogen-bond acceptors (Lipinski definition) is 5. The Hall–Kier alpha value is -1.92. The lowest BCUT2D eigenvalue weighted by molar-refractivity contribution is 0.628. The predicted molar refractivity (Wildman–Crippen MR) is 64.5 cm³/mol. The van der Waals surface area contributed by atoms with Crippen LogP contribution in [0.3, 0.4) is 0 Å². The first-order valence-electron chi connectivity index (χ1n) is 4.71. The monoisotopic (exact) mass is 253 g/mol. The fraction of sp³-hybridized carbons (Fsp3) is 0. The summed E-state index contributed by atoms with van der Waals surface area (Å²) in [5.41, 5.74) is 2.95. The second-order valence-corrected chi connectivity index (χ2v) is 3.57. The Labute approximate surface area is 102 Å². The third-order valence-corrected chi connectivity index (χ3v) is 2.27. The van der Waals surface area contributed by atoms with Crippen LogP contribution in [0.5, 0.6) is 0 Å². The Morgan fingerprint density at radius 2 is 2.12 bits per heavy atom. The number of nitrogens with zero attached hydrogens (tertiary/aromatic N) is 2. The fourth-order valence-corrected chi connectivity index (χ4v) is 1.40. The van der Waals surface area contributed by atoms with Gasteiger partial charge in [-0.1, -0.05) is 11.6 Å². The third kappa shape index (κ3) is 2.80. The maximum atomic E-state index is 12.9. The number of anilines is 3. The van der Waals surface area contributed by atoms with Gasteiger partial charge in [0.2, 0.25) is 5.95 Å². The van der Waals surface area contributed by atoms with Gasteiger partial charge in [-0.25, -0.2) is 15.2 Å². The smallest absolute Gasteiger partial charge is 0.239 e. The molecule has 17 heavy (non-hydrogen) atoms. The summed E-state index contributed by atoms with van der Waals surface area (Å²) in [5.74, 6) is 5.52. The number of nitrogen functional groups attached to an aromatic ring is 1. The molecule has 5 nitrogen and oxygen atoms in total. The Balaban J connectivity index is 2.22. The van der Waals surface area contributed by atoms with Crippen molar-refractivity contribution in [2.45, 2.75) is 0 Å². The first kappa shape index (κ1) is 11.6. The molecule has 1 heterocycles. The van der Waals surface area contributed by atoms with Crippen molar-refractivity contribution in [1.82, 2.24) is 9.97 Å². The van der Waals surface area contributed by atoms with Crippen LogP contribution in [0.2, 0.25) is 5.02 Å². The number of hydrazine groups is 1. The van der Waals surface area contributed by atoms with E-state index >= 15 is 0 Å². The van der Waals surface area contributed by atoms with Gasteiger partial charge in [0.05, 0.1) is 5.02 Å². The van der Waals surface area contributed by atoms with E-state index in [1.165, 1.54) is 18.3 Å². The number of rotatable bonds is 3. The summed E-state index contributed by atoms with van der Waals surface area (Å²) in [4.78, 5) is 7.90. The largest absolute Gasteiger partial charge is 0.340 e. The van der Waals surface area contributed by atoms with E-state index in [9.17, 15) is 4.39 Å². The van der Waals surface area contributed by atoms with Crippen LogP contribution in [0.4, 0.5) is 21.8 Å². The second kappa shape index (κ2) is 4.94. The van der Waals surface area contributed by atoms with E-state index in [1.807, 2.05) is 0 Å². The average Bonchev–Trinajstić information content (AvgIpc) is 2.34. The molecule has 0 saturated heterocycles. The summed E-state index contributed by atoms with van der Waals surface area (Å²) in [6.07, 6.45) is 1.54. The lowest BCUT2D eigenvalue weighted by atomic mass is 10.3. The molecular formula is C10H9ClFN5. The summed E-state index contributed by atoms with van der Waals surface area (Å²) in [7, 11) is 0. The molecule has 88 valence electrons. The molecule has 0 fully saturated rings. The van der Waals surface area contributed by atoms with Gasteiger partial charge >= 0.3 is 0 Å². The summed E-state index contributed by atoms with van der Waals surface area (Å²) in [6.45, 7) is 0. The van der Waals surface area contributed by atoms with Crippen LogP contribution in [-0.2, 0) is 0 Å². The van der Waals surface area contributed by atoms with Gasteiger partial charge in [-0.2, -0.15) is 4.98 Å². The molecule has 0 bridgehead atoms. The summed E-state index contributed by atoms with van der Waals surface area (Å²) >= 11 is 5.66. The Bertz CT molecular complexity index is 534. The molecule has 0 radical (unpaired) electrons. The molecule has 2 aromatic rings. The van der Waals surface area contributed by atoms with Gasteiger partial charge in [0.1, 0.15) is 11.6 Å². The van der Waals surface area contributed by atoms with Gasteiger partial charge in [-0.15, -0.1) is 0 Å². The van der Waals surface area contributed by atoms with Gasteiger partial charge in [-0.05, 0) is 24.3 Å². The highest BCUT2D eigenvalue weighted by atomic mass is 35.5. The van der Waals surface area contributed by atoms with E-state index in [0.717, 1.165) is 0 Å². The first-order chi connectivity index (χ1) is 8.19. The highest BCUT2D eigenvalue weighted by Gasteiger charge is 2.02. The molecule has 0 aliphatic heterocycles. The molecule has 0 atom stereocenters. The number of aromatic nitrogens is 2. The molecule has 0 unspecified atom stereocenters. The van der Waals surface area contributed by atoms with Gasteiger partial charge in [0.15, 0.2) is 0 Å². The zero-order chi connectivity index (χ0) is 12.3. The van der Waals surface area contributed by atoms with E-state index in [-0.39, 0.29) is 11.0 Å². The zero-order valence-corrected chi connectivity index (χ0v) is 9.37. The molecule has 0 aliphatic rings. The molecule has 2 rings (SSSR count). The molecule has 0 aliphatic carbocycles. The Morgan fingerprint density at radius 1 is 1.29 bits per heavy atom. The van der Waals surface area contributed by atoms with Crippen LogP contribution in [0.15, 0.2) is 30.5 Å². The number of nitrogens with one attached hydrogen (secondary N) is 2.